The second-order valence-electron chi connectivity index (χ2n) is 5.88. The Morgan fingerprint density at radius 3 is 2.29 bits per heavy atom. The van der Waals surface area contributed by atoms with Gasteiger partial charge in [-0.05, 0) is 30.4 Å². The lowest BCUT2D eigenvalue weighted by Crippen LogP contribution is -2.39. The van der Waals surface area contributed by atoms with Gasteiger partial charge in [0, 0.05) is 17.0 Å². The summed E-state index contributed by atoms with van der Waals surface area (Å²) in [6.45, 7) is 11.1. The lowest BCUT2D eigenvalue weighted by Gasteiger charge is -2.33. The number of hydrogen-bond acceptors (Lipinski definition) is 2. The first kappa shape index (κ1) is 14.6. The molecule has 0 aliphatic rings. The number of thioether (sulfide) groups is 1. The largest absolute Gasteiger partial charge is 0.327 e. The third-order valence-corrected chi connectivity index (χ3v) is 4.98. The van der Waals surface area contributed by atoms with Crippen molar-refractivity contribution in [2.75, 3.05) is 0 Å². The normalized spacial score (nSPS) is 15.6. The molecule has 0 heterocycles. The van der Waals surface area contributed by atoms with E-state index in [-0.39, 0.29) is 11.5 Å². The highest BCUT2D eigenvalue weighted by molar-refractivity contribution is 7.99. The first-order chi connectivity index (χ1) is 7.82. The molecule has 1 rings (SSSR count). The summed E-state index contributed by atoms with van der Waals surface area (Å²) in [5.41, 5.74) is 9.15. The van der Waals surface area contributed by atoms with Crippen LogP contribution in [0.5, 0.6) is 0 Å². The summed E-state index contributed by atoms with van der Waals surface area (Å²) in [4.78, 5) is 0. The molecule has 17 heavy (non-hydrogen) atoms. The van der Waals surface area contributed by atoms with Gasteiger partial charge >= 0.3 is 0 Å². The first-order valence-electron chi connectivity index (χ1n) is 6.24. The fourth-order valence-corrected chi connectivity index (χ4v) is 3.63. The van der Waals surface area contributed by atoms with Gasteiger partial charge in [0.25, 0.3) is 0 Å². The van der Waals surface area contributed by atoms with Crippen molar-refractivity contribution < 1.29 is 0 Å². The molecule has 0 saturated heterocycles. The van der Waals surface area contributed by atoms with Gasteiger partial charge in [-0.25, -0.2) is 0 Å². The van der Waals surface area contributed by atoms with E-state index < -0.39 is 0 Å². The molecule has 0 fully saturated rings. The van der Waals surface area contributed by atoms with E-state index >= 15 is 0 Å². The van der Waals surface area contributed by atoms with E-state index in [1.807, 2.05) is 11.8 Å². The summed E-state index contributed by atoms with van der Waals surface area (Å²) >= 11 is 1.98. The van der Waals surface area contributed by atoms with Gasteiger partial charge in [0.1, 0.15) is 0 Å². The fourth-order valence-electron chi connectivity index (χ4n) is 2.14. The van der Waals surface area contributed by atoms with Crippen molar-refractivity contribution in [2.24, 2.45) is 11.1 Å². The molecule has 2 unspecified atom stereocenters. The maximum atomic E-state index is 6.10. The molecule has 0 bridgehead atoms. The molecule has 0 radical (unpaired) electrons. The molecule has 0 spiro atoms. The summed E-state index contributed by atoms with van der Waals surface area (Å²) in [6, 6.07) is 8.82. The highest BCUT2D eigenvalue weighted by atomic mass is 32.2. The van der Waals surface area contributed by atoms with Gasteiger partial charge in [-0.15, -0.1) is 0 Å². The zero-order valence-corrected chi connectivity index (χ0v) is 12.5. The average Bonchev–Trinajstić information content (AvgIpc) is 2.18. The SMILES string of the molecule is Cc1ccccc1CSC(C(C)N)C(C)(C)C. The Balaban J connectivity index is 2.68. The van der Waals surface area contributed by atoms with Gasteiger partial charge in [0.2, 0.25) is 0 Å². The van der Waals surface area contributed by atoms with E-state index in [9.17, 15) is 0 Å². The number of benzene rings is 1. The van der Waals surface area contributed by atoms with E-state index in [0.717, 1.165) is 5.75 Å². The molecule has 1 aromatic rings. The van der Waals surface area contributed by atoms with Crippen LogP contribution in [0.25, 0.3) is 0 Å². The van der Waals surface area contributed by atoms with Crippen LogP contribution in [0.15, 0.2) is 24.3 Å². The van der Waals surface area contributed by atoms with Gasteiger partial charge in [-0.2, -0.15) is 11.8 Å². The third-order valence-electron chi connectivity index (χ3n) is 3.01. The number of hydrogen-bond donors (Lipinski definition) is 1. The third kappa shape index (κ3) is 4.36. The lowest BCUT2D eigenvalue weighted by atomic mass is 9.88. The molecule has 0 aromatic heterocycles. The van der Waals surface area contributed by atoms with Gasteiger partial charge in [0.15, 0.2) is 0 Å². The predicted octanol–water partition coefficient (Wildman–Crippen LogP) is 3.99. The zero-order valence-electron chi connectivity index (χ0n) is 11.7. The van der Waals surface area contributed by atoms with Crippen molar-refractivity contribution in [1.82, 2.24) is 0 Å². The minimum Gasteiger partial charge on any atom is -0.327 e. The van der Waals surface area contributed by atoms with E-state index in [2.05, 4.69) is 58.9 Å². The Kier molecular flexibility index (Phi) is 5.08. The quantitative estimate of drug-likeness (QED) is 0.875. The molecule has 0 saturated carbocycles. The van der Waals surface area contributed by atoms with Crippen LogP contribution in [0.2, 0.25) is 0 Å². The van der Waals surface area contributed by atoms with Crippen LogP contribution in [0.1, 0.15) is 38.8 Å². The maximum Gasteiger partial charge on any atom is 0.0248 e. The van der Waals surface area contributed by atoms with E-state index in [4.69, 9.17) is 5.73 Å². The minimum atomic E-state index is 0.226. The molecule has 0 aliphatic heterocycles. The fraction of sp³-hybridized carbons (Fsp3) is 0.600. The molecule has 1 aromatic carbocycles. The van der Waals surface area contributed by atoms with Crippen LogP contribution >= 0.6 is 11.8 Å². The zero-order chi connectivity index (χ0) is 13.1. The van der Waals surface area contributed by atoms with Gasteiger partial charge in [-0.3, -0.25) is 0 Å². The Bertz CT molecular complexity index is 352. The van der Waals surface area contributed by atoms with E-state index in [0.29, 0.717) is 5.25 Å². The van der Waals surface area contributed by atoms with Gasteiger partial charge < -0.3 is 5.73 Å². The summed E-state index contributed by atoms with van der Waals surface area (Å²) in [7, 11) is 0. The monoisotopic (exact) mass is 251 g/mol. The summed E-state index contributed by atoms with van der Waals surface area (Å²) in [5.74, 6) is 1.05. The Labute approximate surface area is 110 Å². The lowest BCUT2D eigenvalue weighted by molar-refractivity contribution is 0.363. The Hall–Kier alpha value is -0.470. The van der Waals surface area contributed by atoms with Crippen molar-refractivity contribution in [3.8, 4) is 0 Å². The standard InChI is InChI=1S/C15H25NS/c1-11-8-6-7-9-13(11)10-17-14(12(2)16)15(3,4)5/h6-9,12,14H,10,16H2,1-5H3. The molecule has 96 valence electrons. The van der Waals surface area contributed by atoms with Crippen molar-refractivity contribution in [3.05, 3.63) is 35.4 Å². The summed E-state index contributed by atoms with van der Waals surface area (Å²) in [5, 5.41) is 0.488. The molecule has 0 aliphatic carbocycles. The highest BCUT2D eigenvalue weighted by Crippen LogP contribution is 2.34. The van der Waals surface area contributed by atoms with Crippen molar-refractivity contribution in [3.63, 3.8) is 0 Å². The van der Waals surface area contributed by atoms with Crippen LogP contribution in [0, 0.1) is 12.3 Å². The highest BCUT2D eigenvalue weighted by Gasteiger charge is 2.28. The van der Waals surface area contributed by atoms with Crippen molar-refractivity contribution in [2.45, 2.75) is 51.7 Å². The first-order valence-corrected chi connectivity index (χ1v) is 7.29. The molecule has 0 amide bonds. The second-order valence-corrected chi connectivity index (χ2v) is 7.01. The molecular formula is C15H25NS. The van der Waals surface area contributed by atoms with Crippen LogP contribution in [0.4, 0.5) is 0 Å². The van der Waals surface area contributed by atoms with Crippen LogP contribution in [-0.2, 0) is 5.75 Å². The minimum absolute atomic E-state index is 0.226. The average molecular weight is 251 g/mol. The molecule has 2 heteroatoms. The van der Waals surface area contributed by atoms with Crippen molar-refractivity contribution in [1.29, 1.82) is 0 Å². The van der Waals surface area contributed by atoms with Crippen molar-refractivity contribution >= 4 is 11.8 Å². The Morgan fingerprint density at radius 2 is 1.82 bits per heavy atom. The summed E-state index contributed by atoms with van der Waals surface area (Å²) in [6.07, 6.45) is 0. The van der Waals surface area contributed by atoms with Gasteiger partial charge in [0.05, 0.1) is 0 Å². The molecule has 2 N–H and O–H groups in total. The summed E-state index contributed by atoms with van der Waals surface area (Å²) < 4.78 is 0. The number of nitrogens with two attached hydrogens (primary N) is 1. The maximum absolute atomic E-state index is 6.10. The second kappa shape index (κ2) is 5.92. The molecular weight excluding hydrogens is 226 g/mol. The topological polar surface area (TPSA) is 26.0 Å². The van der Waals surface area contributed by atoms with E-state index in [1.54, 1.807) is 0 Å². The number of aryl methyl sites for hydroxylation is 1. The van der Waals surface area contributed by atoms with Gasteiger partial charge in [-0.1, -0.05) is 45.0 Å². The molecule has 2 atom stereocenters. The van der Waals surface area contributed by atoms with Crippen LogP contribution < -0.4 is 5.73 Å². The van der Waals surface area contributed by atoms with E-state index in [1.165, 1.54) is 11.1 Å². The number of rotatable bonds is 4. The smallest absolute Gasteiger partial charge is 0.0248 e. The molecule has 1 nitrogen and oxygen atoms in total. The van der Waals surface area contributed by atoms with Crippen LogP contribution in [0.3, 0.4) is 0 Å². The van der Waals surface area contributed by atoms with Crippen LogP contribution in [-0.4, -0.2) is 11.3 Å². The predicted molar refractivity (Wildman–Crippen MR) is 79.4 cm³/mol. The Morgan fingerprint density at radius 1 is 1.24 bits per heavy atom.